The zero-order valence-electron chi connectivity index (χ0n) is 9.62. The van der Waals surface area contributed by atoms with Crippen LogP contribution in [-0.2, 0) is 9.53 Å². The number of hydrogen-bond acceptors (Lipinski definition) is 2. The molecule has 0 radical (unpaired) electrons. The van der Waals surface area contributed by atoms with Crippen molar-refractivity contribution in [2.75, 3.05) is 13.2 Å². The van der Waals surface area contributed by atoms with Crippen molar-refractivity contribution >= 4 is 5.91 Å². The predicted molar refractivity (Wildman–Crippen MR) is 60.2 cm³/mol. The van der Waals surface area contributed by atoms with Crippen LogP contribution in [0.5, 0.6) is 0 Å². The Hall–Kier alpha value is -1.25. The summed E-state index contributed by atoms with van der Waals surface area (Å²) in [6.07, 6.45) is 6.27. The van der Waals surface area contributed by atoms with Gasteiger partial charge in [0, 0.05) is 6.92 Å². The first-order chi connectivity index (χ1) is 7.09. The van der Waals surface area contributed by atoms with Crippen molar-refractivity contribution in [2.45, 2.75) is 20.8 Å². The smallest absolute Gasteiger partial charge is 0.216 e. The van der Waals surface area contributed by atoms with E-state index < -0.39 is 0 Å². The molecule has 0 heterocycles. The molecule has 1 aliphatic rings. The second-order valence-electron chi connectivity index (χ2n) is 3.98. The summed E-state index contributed by atoms with van der Waals surface area (Å²) in [4.78, 5) is 10.6. The second kappa shape index (κ2) is 5.59. The Balaban J connectivity index is 2.25. The number of carbonyl (C=O) groups is 1. The van der Waals surface area contributed by atoms with E-state index in [2.05, 4.69) is 31.3 Å². The molecule has 0 aromatic rings. The minimum Gasteiger partial charge on any atom is -0.492 e. The van der Waals surface area contributed by atoms with Crippen molar-refractivity contribution < 1.29 is 9.53 Å². The van der Waals surface area contributed by atoms with Gasteiger partial charge in [-0.1, -0.05) is 19.9 Å². The number of amides is 1. The topological polar surface area (TPSA) is 38.3 Å². The third kappa shape index (κ3) is 4.19. The van der Waals surface area contributed by atoms with Gasteiger partial charge in [-0.15, -0.1) is 0 Å². The number of carbonyl (C=O) groups excluding carboxylic acids is 1. The Bertz CT molecular complexity index is 281. The van der Waals surface area contributed by atoms with Crippen molar-refractivity contribution in [3.8, 4) is 0 Å². The Morgan fingerprint density at radius 2 is 2.20 bits per heavy atom. The largest absolute Gasteiger partial charge is 0.492 e. The van der Waals surface area contributed by atoms with E-state index in [1.807, 2.05) is 6.08 Å². The Morgan fingerprint density at radius 3 is 2.80 bits per heavy atom. The monoisotopic (exact) mass is 209 g/mol. The first kappa shape index (κ1) is 11.8. The van der Waals surface area contributed by atoms with E-state index in [1.54, 1.807) is 0 Å². The minimum absolute atomic E-state index is 0.0197. The van der Waals surface area contributed by atoms with E-state index in [0.29, 0.717) is 25.0 Å². The van der Waals surface area contributed by atoms with Crippen LogP contribution >= 0.6 is 0 Å². The quantitative estimate of drug-likeness (QED) is 0.718. The maximum Gasteiger partial charge on any atom is 0.216 e. The zero-order chi connectivity index (χ0) is 11.3. The molecule has 0 fully saturated rings. The van der Waals surface area contributed by atoms with E-state index in [4.69, 9.17) is 4.74 Å². The maximum absolute atomic E-state index is 10.6. The fraction of sp³-hybridized carbons (Fsp3) is 0.583. The van der Waals surface area contributed by atoms with Crippen LogP contribution in [0.2, 0.25) is 0 Å². The van der Waals surface area contributed by atoms with Crippen LogP contribution in [0.4, 0.5) is 0 Å². The Morgan fingerprint density at radius 1 is 1.47 bits per heavy atom. The highest BCUT2D eigenvalue weighted by molar-refractivity contribution is 5.72. The zero-order valence-corrected chi connectivity index (χ0v) is 9.62. The van der Waals surface area contributed by atoms with Gasteiger partial charge in [-0.25, -0.2) is 0 Å². The van der Waals surface area contributed by atoms with Crippen LogP contribution in [0.25, 0.3) is 0 Å². The Labute approximate surface area is 91.2 Å². The molecule has 3 heteroatoms. The molecule has 0 saturated carbocycles. The molecule has 0 saturated heterocycles. The standard InChI is InChI=1S/C12H19NO2/c1-9-4-5-12(8-10(9)2)15-7-6-13-11(3)14/h4-5,8-10H,6-7H2,1-3H3,(H,13,14)/t9-,10+/m0/s1. The fourth-order valence-electron chi connectivity index (χ4n) is 1.38. The molecule has 0 aromatic carbocycles. The van der Waals surface area contributed by atoms with Gasteiger partial charge >= 0.3 is 0 Å². The molecule has 0 aromatic heterocycles. The molecule has 1 N–H and O–H groups in total. The lowest BCUT2D eigenvalue weighted by molar-refractivity contribution is -0.119. The lowest BCUT2D eigenvalue weighted by atomic mass is 9.91. The molecule has 2 atom stereocenters. The normalized spacial score (nSPS) is 24.6. The average Bonchev–Trinajstić information content (AvgIpc) is 2.18. The summed E-state index contributed by atoms with van der Waals surface area (Å²) in [7, 11) is 0. The minimum atomic E-state index is -0.0197. The van der Waals surface area contributed by atoms with Gasteiger partial charge in [-0.3, -0.25) is 4.79 Å². The van der Waals surface area contributed by atoms with Crippen molar-refractivity contribution in [3.05, 3.63) is 24.0 Å². The third-order valence-corrected chi connectivity index (χ3v) is 2.57. The average molecular weight is 209 g/mol. The van der Waals surface area contributed by atoms with Crippen molar-refractivity contribution in [1.29, 1.82) is 0 Å². The fourth-order valence-corrected chi connectivity index (χ4v) is 1.38. The SMILES string of the molecule is CC(=O)NCCOC1=C[C@@H](C)[C@@H](C)C=C1. The summed E-state index contributed by atoms with van der Waals surface area (Å²) < 4.78 is 5.51. The van der Waals surface area contributed by atoms with Gasteiger partial charge < -0.3 is 10.1 Å². The third-order valence-electron chi connectivity index (χ3n) is 2.57. The summed E-state index contributed by atoms with van der Waals surface area (Å²) in [5, 5.41) is 2.69. The number of rotatable bonds is 4. The highest BCUT2D eigenvalue weighted by Gasteiger charge is 2.12. The van der Waals surface area contributed by atoms with Gasteiger partial charge in [0.2, 0.25) is 5.91 Å². The predicted octanol–water partition coefficient (Wildman–Crippen LogP) is 1.86. The van der Waals surface area contributed by atoms with Gasteiger partial charge in [-0.05, 0) is 24.0 Å². The lowest BCUT2D eigenvalue weighted by Crippen LogP contribution is -2.24. The van der Waals surface area contributed by atoms with Crippen LogP contribution < -0.4 is 5.32 Å². The van der Waals surface area contributed by atoms with Crippen LogP contribution in [0.3, 0.4) is 0 Å². The van der Waals surface area contributed by atoms with E-state index in [9.17, 15) is 4.79 Å². The van der Waals surface area contributed by atoms with E-state index in [0.717, 1.165) is 5.76 Å². The molecule has 0 bridgehead atoms. The maximum atomic E-state index is 10.6. The lowest BCUT2D eigenvalue weighted by Gasteiger charge is -2.19. The Kier molecular flexibility index (Phi) is 4.40. The van der Waals surface area contributed by atoms with Gasteiger partial charge in [0.25, 0.3) is 0 Å². The number of hydrogen-bond donors (Lipinski definition) is 1. The van der Waals surface area contributed by atoms with Crippen LogP contribution in [-0.4, -0.2) is 19.1 Å². The summed E-state index contributed by atoms with van der Waals surface area (Å²) in [6.45, 7) is 6.95. The second-order valence-corrected chi connectivity index (χ2v) is 3.98. The molecular formula is C12H19NO2. The number of nitrogens with one attached hydrogen (secondary N) is 1. The molecule has 0 unspecified atom stereocenters. The summed E-state index contributed by atoms with van der Waals surface area (Å²) >= 11 is 0. The molecule has 3 nitrogen and oxygen atoms in total. The molecule has 84 valence electrons. The van der Waals surface area contributed by atoms with Crippen molar-refractivity contribution in [1.82, 2.24) is 5.32 Å². The molecule has 1 rings (SSSR count). The van der Waals surface area contributed by atoms with Crippen molar-refractivity contribution in [2.24, 2.45) is 11.8 Å². The first-order valence-electron chi connectivity index (χ1n) is 5.37. The van der Waals surface area contributed by atoms with Crippen LogP contribution in [0, 0.1) is 11.8 Å². The van der Waals surface area contributed by atoms with E-state index in [-0.39, 0.29) is 5.91 Å². The molecular weight excluding hydrogens is 190 g/mol. The van der Waals surface area contributed by atoms with Gasteiger partial charge in [0.05, 0.1) is 6.54 Å². The van der Waals surface area contributed by atoms with Crippen LogP contribution in [0.15, 0.2) is 24.0 Å². The summed E-state index contributed by atoms with van der Waals surface area (Å²) in [5.74, 6) is 1.98. The van der Waals surface area contributed by atoms with E-state index in [1.165, 1.54) is 6.92 Å². The first-order valence-corrected chi connectivity index (χ1v) is 5.37. The van der Waals surface area contributed by atoms with Crippen molar-refractivity contribution in [3.63, 3.8) is 0 Å². The van der Waals surface area contributed by atoms with Crippen LogP contribution in [0.1, 0.15) is 20.8 Å². The van der Waals surface area contributed by atoms with Gasteiger partial charge in [0.1, 0.15) is 12.4 Å². The molecule has 0 aliphatic heterocycles. The molecule has 1 amide bonds. The number of ether oxygens (including phenoxy) is 1. The van der Waals surface area contributed by atoms with Gasteiger partial charge in [-0.2, -0.15) is 0 Å². The molecule has 1 aliphatic carbocycles. The summed E-state index contributed by atoms with van der Waals surface area (Å²) in [6, 6.07) is 0. The number of allylic oxidation sites excluding steroid dienone is 3. The molecule has 0 spiro atoms. The van der Waals surface area contributed by atoms with E-state index >= 15 is 0 Å². The van der Waals surface area contributed by atoms with Gasteiger partial charge in [0.15, 0.2) is 0 Å². The highest BCUT2D eigenvalue weighted by atomic mass is 16.5. The molecule has 15 heavy (non-hydrogen) atoms. The summed E-state index contributed by atoms with van der Waals surface area (Å²) in [5.41, 5.74) is 0. The highest BCUT2D eigenvalue weighted by Crippen LogP contribution is 2.22.